The zero-order valence-corrected chi connectivity index (χ0v) is 38.3. The number of nitrogens with zero attached hydrogens (tertiary/aromatic N) is 9. The van der Waals surface area contributed by atoms with Gasteiger partial charge >= 0.3 is 5.97 Å². The standard InChI is InChI=1S/C39H63N21O9/c1-20(2)14-29-37(69)59(46)28(7-5-12-48-39(44)55-56-45)35(67)49-18-30(61)51-27(17-31(62)63)34(66)53-26(15-21-8-10-22(11-9-21)50-38(42)43)33(65)52-25(32(41)64)6-3-4-13-58-19-23(54-57-58)16-24(40)36(68)60(29)47/h8-11,19-20,24-29H,3-7,12-18,40,46-47H2,1-2H3,(H2,41,64)(H,49,67)(H,51,61)(H,52,65)(H,53,66)(H,62,63)(H4,42,43,50)(H4,44,45,48,55)/t24-,25-,26-,27-,28-,29-/m1/s1. The number of nitrogens with one attached hydrogen (secondary N) is 4. The topological polar surface area (TPSA) is 500 Å². The van der Waals surface area contributed by atoms with E-state index in [1.54, 1.807) is 32.2 Å². The highest BCUT2D eigenvalue weighted by Gasteiger charge is 2.38. The first-order valence-electron chi connectivity index (χ1n) is 21.7. The molecule has 2 bridgehead atoms. The van der Waals surface area contributed by atoms with Crippen molar-refractivity contribution in [1.82, 2.24) is 46.3 Å². The minimum absolute atomic E-state index is 0.0311. The summed E-state index contributed by atoms with van der Waals surface area (Å²) in [6, 6.07) is -2.69. The summed E-state index contributed by atoms with van der Waals surface area (Å²) >= 11 is 0. The first kappa shape index (κ1) is 55.5. The molecule has 0 fully saturated rings. The molecule has 378 valence electrons. The SMILES string of the molecule is CC(C)C[C@@H]1C(=O)N(N)[C@H](CCCN=C(N)N=NN)C(=O)NCC(=O)N[C@H](CC(=O)O)C(=O)N[C@H](Cc2ccc(N=C(N)N)cc2)C(=O)N[C@@H](C(N)=O)CCCCn2cc(nn2)C[C@@H](N)C(=O)N1N. The zero-order chi connectivity index (χ0) is 51.4. The summed E-state index contributed by atoms with van der Waals surface area (Å²) in [7, 11) is 0. The Kier molecular flexibility index (Phi) is 21.8. The van der Waals surface area contributed by atoms with Crippen LogP contribution in [0, 0.1) is 5.92 Å². The number of benzene rings is 1. The van der Waals surface area contributed by atoms with E-state index in [0.717, 1.165) is 0 Å². The Morgan fingerprint density at radius 1 is 0.884 bits per heavy atom. The van der Waals surface area contributed by atoms with Gasteiger partial charge in [0.1, 0.15) is 30.2 Å². The summed E-state index contributed by atoms with van der Waals surface area (Å²) in [5.41, 5.74) is 29.7. The summed E-state index contributed by atoms with van der Waals surface area (Å²) < 4.78 is 1.47. The lowest BCUT2D eigenvalue weighted by molar-refractivity contribution is -0.151. The molecule has 6 atom stereocenters. The van der Waals surface area contributed by atoms with Gasteiger partial charge < -0.3 is 60.9 Å². The Hall–Kier alpha value is -7.86. The molecule has 0 aliphatic carbocycles. The minimum Gasteiger partial charge on any atom is -0.481 e. The van der Waals surface area contributed by atoms with Crippen molar-refractivity contribution in [3.8, 4) is 0 Å². The highest BCUT2D eigenvalue weighted by Crippen LogP contribution is 2.18. The largest absolute Gasteiger partial charge is 0.481 e. The van der Waals surface area contributed by atoms with Gasteiger partial charge in [-0.15, -0.1) is 5.10 Å². The number of aryl methyl sites for hydroxylation is 1. The molecule has 0 saturated heterocycles. The van der Waals surface area contributed by atoms with E-state index in [0.29, 0.717) is 39.8 Å². The predicted octanol–water partition coefficient (Wildman–Crippen LogP) is -5.38. The Bertz CT molecular complexity index is 2210. The second-order valence-electron chi connectivity index (χ2n) is 16.4. The number of fused-ring (bicyclic) bond motifs is 2. The molecule has 0 radical (unpaired) electrons. The van der Waals surface area contributed by atoms with Gasteiger partial charge in [0.05, 0.1) is 30.4 Å². The molecule has 1 aliphatic rings. The molecule has 0 spiro atoms. The van der Waals surface area contributed by atoms with Crippen molar-refractivity contribution in [2.75, 3.05) is 13.1 Å². The monoisotopic (exact) mass is 970 g/mol. The second kappa shape index (κ2) is 27.1. The highest BCUT2D eigenvalue weighted by molar-refractivity contribution is 5.97. The number of hydrogen-bond donors (Lipinski definition) is 13. The van der Waals surface area contributed by atoms with E-state index < -0.39 is 96.5 Å². The van der Waals surface area contributed by atoms with Crippen LogP contribution in [0.5, 0.6) is 0 Å². The minimum atomic E-state index is -1.83. The van der Waals surface area contributed by atoms with Crippen LogP contribution in [-0.2, 0) is 57.7 Å². The van der Waals surface area contributed by atoms with Crippen LogP contribution in [0.4, 0.5) is 5.69 Å². The number of guanidine groups is 2. The second-order valence-corrected chi connectivity index (χ2v) is 16.4. The van der Waals surface area contributed by atoms with E-state index in [9.17, 15) is 43.5 Å². The highest BCUT2D eigenvalue weighted by atomic mass is 16.4. The van der Waals surface area contributed by atoms with Crippen molar-refractivity contribution in [3.05, 3.63) is 41.7 Å². The van der Waals surface area contributed by atoms with Crippen LogP contribution in [0.25, 0.3) is 0 Å². The lowest BCUT2D eigenvalue weighted by Gasteiger charge is -2.35. The first-order valence-corrected chi connectivity index (χ1v) is 21.7. The van der Waals surface area contributed by atoms with Gasteiger partial charge in [-0.1, -0.05) is 41.5 Å². The number of hydrazine groups is 2. The number of aliphatic carboxylic acids is 1. The fourth-order valence-corrected chi connectivity index (χ4v) is 6.94. The van der Waals surface area contributed by atoms with Crippen LogP contribution in [0.3, 0.4) is 0 Å². The van der Waals surface area contributed by atoms with Crippen LogP contribution in [-0.4, -0.2) is 139 Å². The molecule has 0 unspecified atom stereocenters. The summed E-state index contributed by atoms with van der Waals surface area (Å²) in [6.07, 6.45) is 0.752. The molecule has 2 aromatic rings. The zero-order valence-electron chi connectivity index (χ0n) is 38.3. The van der Waals surface area contributed by atoms with Crippen molar-refractivity contribution >= 4 is 64.9 Å². The van der Waals surface area contributed by atoms with E-state index >= 15 is 0 Å². The summed E-state index contributed by atoms with van der Waals surface area (Å²) in [4.78, 5) is 115. The fraction of sp³-hybridized carbons (Fsp3) is 0.538. The van der Waals surface area contributed by atoms with Gasteiger partial charge in [-0.3, -0.25) is 58.0 Å². The van der Waals surface area contributed by atoms with Crippen LogP contribution in [0.1, 0.15) is 70.1 Å². The van der Waals surface area contributed by atoms with E-state index in [4.69, 9.17) is 46.2 Å². The predicted molar refractivity (Wildman–Crippen MR) is 245 cm³/mol. The number of amides is 7. The van der Waals surface area contributed by atoms with Gasteiger partial charge in [0, 0.05) is 32.1 Å². The number of nitrogens with two attached hydrogens (primary N) is 8. The number of rotatable bonds is 12. The summed E-state index contributed by atoms with van der Waals surface area (Å²) in [5, 5.41) is 35.1. The molecule has 21 N–H and O–H groups in total. The van der Waals surface area contributed by atoms with Crippen molar-refractivity contribution in [2.45, 2.75) is 114 Å². The average molecular weight is 970 g/mol. The van der Waals surface area contributed by atoms with E-state index in [1.165, 1.54) is 16.8 Å². The molecular formula is C39H63N21O9. The molecule has 2 heterocycles. The molecular weight excluding hydrogens is 907 g/mol. The lowest BCUT2D eigenvalue weighted by atomic mass is 10.00. The van der Waals surface area contributed by atoms with Gasteiger partial charge in [-0.25, -0.2) is 16.7 Å². The molecule has 3 rings (SSSR count). The van der Waals surface area contributed by atoms with Gasteiger partial charge in [-0.2, -0.15) is 0 Å². The van der Waals surface area contributed by atoms with Crippen molar-refractivity contribution in [2.24, 2.45) is 72.4 Å². The molecule has 69 heavy (non-hydrogen) atoms. The molecule has 0 saturated carbocycles. The number of carboxylic acid groups (broad SMARTS) is 1. The lowest BCUT2D eigenvalue weighted by Crippen LogP contribution is -2.63. The third-order valence-corrected chi connectivity index (χ3v) is 10.4. The number of carbonyl (C=O) groups is 8. The molecule has 30 heteroatoms. The number of aliphatic imine (C=N–C) groups is 2. The summed E-state index contributed by atoms with van der Waals surface area (Å²) in [5.74, 6) is 8.58. The van der Waals surface area contributed by atoms with Crippen LogP contribution < -0.4 is 67.5 Å². The maximum Gasteiger partial charge on any atom is 0.305 e. The quantitative estimate of drug-likeness (QED) is 0.0180. The third-order valence-electron chi connectivity index (χ3n) is 10.4. The third kappa shape index (κ3) is 18.4. The van der Waals surface area contributed by atoms with E-state index in [2.05, 4.69) is 51.9 Å². The van der Waals surface area contributed by atoms with Crippen LogP contribution in [0.2, 0.25) is 0 Å². The van der Waals surface area contributed by atoms with Crippen LogP contribution in [0.15, 0.2) is 50.8 Å². The molecule has 1 aliphatic heterocycles. The van der Waals surface area contributed by atoms with Crippen LogP contribution >= 0.6 is 0 Å². The molecule has 30 nitrogen and oxygen atoms in total. The van der Waals surface area contributed by atoms with Gasteiger partial charge in [0.25, 0.3) is 11.8 Å². The van der Waals surface area contributed by atoms with Crippen molar-refractivity contribution in [1.29, 1.82) is 0 Å². The normalized spacial score (nSPS) is 22.6. The average Bonchev–Trinajstić information content (AvgIpc) is 3.73. The number of carboxylic acids is 1. The Morgan fingerprint density at radius 3 is 2.17 bits per heavy atom. The summed E-state index contributed by atoms with van der Waals surface area (Å²) in [6.45, 7) is 2.83. The maximum absolute atomic E-state index is 14.2. The van der Waals surface area contributed by atoms with Gasteiger partial charge in [0.2, 0.25) is 35.5 Å². The Labute approximate surface area is 395 Å². The van der Waals surface area contributed by atoms with E-state index in [-0.39, 0.29) is 69.5 Å². The molecule has 1 aromatic heterocycles. The van der Waals surface area contributed by atoms with Crippen molar-refractivity contribution < 1.29 is 43.5 Å². The molecule has 1 aromatic carbocycles. The van der Waals surface area contributed by atoms with Gasteiger partial charge in [-0.05, 0) is 62.1 Å². The number of primary amides is 1. The Balaban J connectivity index is 2.05. The Morgan fingerprint density at radius 2 is 1.55 bits per heavy atom. The van der Waals surface area contributed by atoms with Crippen molar-refractivity contribution in [3.63, 3.8) is 0 Å². The molecule has 7 amide bonds. The van der Waals surface area contributed by atoms with Gasteiger partial charge in [0.15, 0.2) is 5.96 Å². The maximum atomic E-state index is 14.2. The first-order chi connectivity index (χ1) is 32.6. The number of carbonyl (C=O) groups excluding carboxylic acids is 7. The number of aromatic nitrogens is 3. The fourth-order valence-electron chi connectivity index (χ4n) is 6.94. The number of hydrogen-bond acceptors (Lipinski definition) is 16. The van der Waals surface area contributed by atoms with E-state index in [1.807, 2.05) is 0 Å². The smallest absolute Gasteiger partial charge is 0.305 e.